The van der Waals surface area contributed by atoms with Crippen LogP contribution in [0.5, 0.6) is 0 Å². The van der Waals surface area contributed by atoms with Crippen LogP contribution in [0.25, 0.3) is 0 Å². The molecular weight excluding hydrogens is 451 g/mol. The number of guanidine groups is 1. The predicted octanol–water partition coefficient (Wildman–Crippen LogP) is 3.61. The minimum Gasteiger partial charge on any atom is -0.357 e. The molecule has 0 saturated carbocycles. The molecule has 0 spiro atoms. The molecule has 0 aliphatic carbocycles. The number of nitrogens with zero attached hydrogens (tertiary/aromatic N) is 2. The second-order valence-corrected chi connectivity index (χ2v) is 7.43. The lowest BCUT2D eigenvalue weighted by Crippen LogP contribution is -2.45. The number of halogens is 1. The summed E-state index contributed by atoms with van der Waals surface area (Å²) in [4.78, 5) is 18.8. The summed E-state index contributed by atoms with van der Waals surface area (Å²) in [5.74, 6) is 1.66. The molecule has 2 rings (SSSR count). The van der Waals surface area contributed by atoms with Gasteiger partial charge in [0.2, 0.25) is 5.91 Å². The topological polar surface area (TPSA) is 56.7 Å². The third-order valence-corrected chi connectivity index (χ3v) is 4.88. The molecule has 6 heteroatoms. The Labute approximate surface area is 181 Å². The van der Waals surface area contributed by atoms with Gasteiger partial charge in [-0.2, -0.15) is 0 Å². The number of carbonyl (C=O) groups excluding carboxylic acids is 1. The normalized spacial score (nSPS) is 18.2. The first-order valence-electron chi connectivity index (χ1n) is 9.89. The fraction of sp³-hybridized carbons (Fsp3) is 0.619. The van der Waals surface area contributed by atoms with E-state index in [1.54, 1.807) is 0 Å². The summed E-state index contributed by atoms with van der Waals surface area (Å²) in [6, 6.07) is 10.9. The van der Waals surface area contributed by atoms with Crippen molar-refractivity contribution in [1.82, 2.24) is 15.5 Å². The van der Waals surface area contributed by atoms with E-state index in [-0.39, 0.29) is 41.8 Å². The molecule has 0 bridgehead atoms. The molecule has 1 aliphatic rings. The van der Waals surface area contributed by atoms with Gasteiger partial charge in [0.05, 0.1) is 0 Å². The van der Waals surface area contributed by atoms with E-state index >= 15 is 0 Å². The molecular formula is C21H35IN4O. The van der Waals surface area contributed by atoms with Gasteiger partial charge in [-0.25, -0.2) is 0 Å². The Kier molecular flexibility index (Phi) is 10.7. The molecule has 5 nitrogen and oxygen atoms in total. The smallest absolute Gasteiger partial charge is 0.225 e. The molecule has 2 unspecified atom stereocenters. The number of hydrogen-bond acceptors (Lipinski definition) is 2. The van der Waals surface area contributed by atoms with E-state index in [1.807, 2.05) is 18.7 Å². The monoisotopic (exact) mass is 486 g/mol. The number of carbonyl (C=O) groups is 1. The lowest BCUT2D eigenvalue weighted by Gasteiger charge is -2.20. The van der Waals surface area contributed by atoms with E-state index in [2.05, 4.69) is 54.8 Å². The number of aliphatic imine (C=N–C) groups is 1. The summed E-state index contributed by atoms with van der Waals surface area (Å²) in [5, 5.41) is 6.82. The van der Waals surface area contributed by atoms with Gasteiger partial charge in [0.25, 0.3) is 0 Å². The number of hydrogen-bond donors (Lipinski definition) is 2. The fourth-order valence-electron chi connectivity index (χ4n) is 3.28. The third kappa shape index (κ3) is 7.68. The van der Waals surface area contributed by atoms with Gasteiger partial charge < -0.3 is 15.5 Å². The van der Waals surface area contributed by atoms with Crippen molar-refractivity contribution in [3.05, 3.63) is 35.9 Å². The summed E-state index contributed by atoms with van der Waals surface area (Å²) >= 11 is 0. The van der Waals surface area contributed by atoms with Gasteiger partial charge in [0.15, 0.2) is 5.96 Å². The molecule has 1 saturated heterocycles. The summed E-state index contributed by atoms with van der Waals surface area (Å²) in [6.45, 7) is 11.5. The Bertz CT molecular complexity index is 591. The van der Waals surface area contributed by atoms with Crippen LogP contribution in [-0.2, 0) is 4.79 Å². The first-order chi connectivity index (χ1) is 12.5. The SMILES string of the molecule is CCNC(=NCCC(C)c1ccccc1)NC1CCN(C(=O)C(C)C)C1.I. The van der Waals surface area contributed by atoms with Crippen molar-refractivity contribution in [2.45, 2.75) is 52.5 Å². The summed E-state index contributed by atoms with van der Waals surface area (Å²) in [6.07, 6.45) is 1.99. The zero-order chi connectivity index (χ0) is 18.9. The highest BCUT2D eigenvalue weighted by molar-refractivity contribution is 14.0. The van der Waals surface area contributed by atoms with Crippen LogP contribution in [0.1, 0.15) is 52.0 Å². The second kappa shape index (κ2) is 12.2. The van der Waals surface area contributed by atoms with Crippen molar-refractivity contribution in [3.63, 3.8) is 0 Å². The van der Waals surface area contributed by atoms with Crippen molar-refractivity contribution < 1.29 is 4.79 Å². The van der Waals surface area contributed by atoms with Crippen molar-refractivity contribution in [3.8, 4) is 0 Å². The van der Waals surface area contributed by atoms with E-state index in [0.29, 0.717) is 5.92 Å². The van der Waals surface area contributed by atoms with Crippen LogP contribution in [0.2, 0.25) is 0 Å². The molecule has 1 amide bonds. The second-order valence-electron chi connectivity index (χ2n) is 7.43. The highest BCUT2D eigenvalue weighted by atomic mass is 127. The molecule has 1 aromatic rings. The minimum absolute atomic E-state index is 0. The Morgan fingerprint density at radius 1 is 1.26 bits per heavy atom. The van der Waals surface area contributed by atoms with Gasteiger partial charge >= 0.3 is 0 Å². The van der Waals surface area contributed by atoms with Crippen LogP contribution in [0.15, 0.2) is 35.3 Å². The third-order valence-electron chi connectivity index (χ3n) is 4.88. The van der Waals surface area contributed by atoms with Gasteiger partial charge in [-0.1, -0.05) is 51.1 Å². The molecule has 1 fully saturated rings. The highest BCUT2D eigenvalue weighted by Gasteiger charge is 2.27. The molecule has 1 heterocycles. The van der Waals surface area contributed by atoms with Crippen LogP contribution >= 0.6 is 24.0 Å². The molecule has 2 N–H and O–H groups in total. The standard InChI is InChI=1S/C21H34N4O.HI/c1-5-22-21(23-13-11-17(4)18-9-7-6-8-10-18)24-19-12-14-25(15-19)20(26)16(2)3;/h6-10,16-17,19H,5,11-15H2,1-4H3,(H2,22,23,24);1H. The summed E-state index contributed by atoms with van der Waals surface area (Å²) in [5.41, 5.74) is 1.36. The number of nitrogens with one attached hydrogen (secondary N) is 2. The molecule has 152 valence electrons. The summed E-state index contributed by atoms with van der Waals surface area (Å²) < 4.78 is 0. The van der Waals surface area contributed by atoms with E-state index in [1.165, 1.54) is 5.56 Å². The van der Waals surface area contributed by atoms with Crippen molar-refractivity contribution >= 4 is 35.8 Å². The van der Waals surface area contributed by atoms with E-state index in [9.17, 15) is 4.79 Å². The highest BCUT2D eigenvalue weighted by Crippen LogP contribution is 2.18. The van der Waals surface area contributed by atoms with Crippen LogP contribution in [-0.4, -0.2) is 49.0 Å². The Balaban J connectivity index is 0.00000364. The van der Waals surface area contributed by atoms with E-state index in [4.69, 9.17) is 4.99 Å². The Morgan fingerprint density at radius 3 is 2.59 bits per heavy atom. The number of likely N-dealkylation sites (tertiary alicyclic amines) is 1. The number of benzene rings is 1. The maximum Gasteiger partial charge on any atom is 0.225 e. The average Bonchev–Trinajstić information content (AvgIpc) is 3.10. The molecule has 1 aromatic carbocycles. The van der Waals surface area contributed by atoms with Crippen LogP contribution in [0, 0.1) is 5.92 Å². The molecule has 0 radical (unpaired) electrons. The first-order valence-corrected chi connectivity index (χ1v) is 9.89. The predicted molar refractivity (Wildman–Crippen MR) is 124 cm³/mol. The summed E-state index contributed by atoms with van der Waals surface area (Å²) in [7, 11) is 0. The molecule has 0 aromatic heterocycles. The molecule has 1 aliphatic heterocycles. The van der Waals surface area contributed by atoms with Crippen LogP contribution in [0.3, 0.4) is 0 Å². The van der Waals surface area contributed by atoms with Crippen LogP contribution < -0.4 is 10.6 Å². The lowest BCUT2D eigenvalue weighted by molar-refractivity contribution is -0.133. The number of amides is 1. The van der Waals surface area contributed by atoms with Crippen molar-refractivity contribution in [1.29, 1.82) is 0 Å². The van der Waals surface area contributed by atoms with Gasteiger partial charge in [-0.05, 0) is 31.2 Å². The Morgan fingerprint density at radius 2 is 1.96 bits per heavy atom. The minimum atomic E-state index is 0. The van der Waals surface area contributed by atoms with E-state index in [0.717, 1.165) is 45.0 Å². The first kappa shape index (κ1) is 23.7. The molecule has 2 atom stereocenters. The van der Waals surface area contributed by atoms with Gasteiger partial charge in [-0.15, -0.1) is 24.0 Å². The maximum absolute atomic E-state index is 12.1. The number of rotatable bonds is 7. The quantitative estimate of drug-likeness (QED) is 0.352. The zero-order valence-electron chi connectivity index (χ0n) is 17.1. The maximum atomic E-state index is 12.1. The fourth-order valence-corrected chi connectivity index (χ4v) is 3.28. The van der Waals surface area contributed by atoms with Gasteiger partial charge in [0.1, 0.15) is 0 Å². The van der Waals surface area contributed by atoms with Crippen molar-refractivity contribution in [2.24, 2.45) is 10.9 Å². The largest absolute Gasteiger partial charge is 0.357 e. The molecule has 27 heavy (non-hydrogen) atoms. The van der Waals surface area contributed by atoms with Gasteiger partial charge in [-0.3, -0.25) is 9.79 Å². The lowest BCUT2D eigenvalue weighted by atomic mass is 9.98. The Hall–Kier alpha value is -1.31. The average molecular weight is 486 g/mol. The van der Waals surface area contributed by atoms with E-state index < -0.39 is 0 Å². The van der Waals surface area contributed by atoms with Gasteiger partial charge in [0, 0.05) is 38.1 Å². The van der Waals surface area contributed by atoms with Crippen molar-refractivity contribution in [2.75, 3.05) is 26.2 Å². The zero-order valence-corrected chi connectivity index (χ0v) is 19.4. The van der Waals surface area contributed by atoms with Crippen LogP contribution in [0.4, 0.5) is 0 Å².